The molecule has 0 aliphatic carbocycles. The number of aryl methyl sites for hydroxylation is 1. The van der Waals surface area contributed by atoms with E-state index in [1.807, 2.05) is 0 Å². The van der Waals surface area contributed by atoms with Crippen molar-refractivity contribution in [1.82, 2.24) is 0 Å². The van der Waals surface area contributed by atoms with E-state index in [1.165, 1.54) is 12.1 Å². The molecular formula is C16H18O7. The first kappa shape index (κ1) is 15.9. The predicted octanol–water partition coefficient (Wildman–Crippen LogP) is 0.308. The summed E-state index contributed by atoms with van der Waals surface area (Å²) in [6.07, 6.45) is -5.80. The Labute approximate surface area is 131 Å². The average molecular weight is 322 g/mol. The third-order valence-electron chi connectivity index (χ3n) is 3.98. The van der Waals surface area contributed by atoms with Crippen LogP contribution in [0.25, 0.3) is 11.0 Å². The van der Waals surface area contributed by atoms with Crippen LogP contribution in [-0.2, 0) is 4.74 Å². The minimum atomic E-state index is -1.40. The molecule has 1 aliphatic heterocycles. The quantitative estimate of drug-likeness (QED) is 0.683. The zero-order chi connectivity index (χ0) is 16.7. The van der Waals surface area contributed by atoms with Crippen molar-refractivity contribution < 1.29 is 29.2 Å². The molecule has 1 aromatic carbocycles. The molecule has 3 N–H and O–H groups in total. The molecule has 7 heteroatoms. The molecule has 0 amide bonds. The van der Waals surface area contributed by atoms with Gasteiger partial charge in [-0.05, 0) is 31.5 Å². The molecule has 2 heterocycles. The summed E-state index contributed by atoms with van der Waals surface area (Å²) < 4.78 is 16.0. The zero-order valence-corrected chi connectivity index (χ0v) is 12.7. The van der Waals surface area contributed by atoms with Gasteiger partial charge in [0.1, 0.15) is 29.6 Å². The van der Waals surface area contributed by atoms with Gasteiger partial charge in [-0.25, -0.2) is 4.79 Å². The van der Waals surface area contributed by atoms with Gasteiger partial charge in [0.15, 0.2) is 0 Å². The lowest BCUT2D eigenvalue weighted by atomic mass is 10.00. The van der Waals surface area contributed by atoms with Crippen LogP contribution >= 0.6 is 0 Å². The van der Waals surface area contributed by atoms with E-state index in [0.717, 1.165) is 10.9 Å². The first-order valence-electron chi connectivity index (χ1n) is 7.27. The van der Waals surface area contributed by atoms with E-state index in [9.17, 15) is 20.1 Å². The van der Waals surface area contributed by atoms with Gasteiger partial charge in [0.2, 0.25) is 6.29 Å². The Morgan fingerprint density at radius 2 is 1.83 bits per heavy atom. The molecule has 1 aliphatic rings. The van der Waals surface area contributed by atoms with Crippen LogP contribution in [0, 0.1) is 6.92 Å². The highest BCUT2D eigenvalue weighted by Gasteiger charge is 2.43. The monoisotopic (exact) mass is 322 g/mol. The van der Waals surface area contributed by atoms with Gasteiger partial charge in [0.25, 0.3) is 0 Å². The topological polar surface area (TPSA) is 109 Å². The summed E-state index contributed by atoms with van der Waals surface area (Å²) in [6, 6.07) is 6.29. The van der Waals surface area contributed by atoms with Crippen molar-refractivity contribution >= 4 is 11.0 Å². The number of aliphatic hydroxyl groups excluding tert-OH is 3. The van der Waals surface area contributed by atoms with Crippen LogP contribution in [0.5, 0.6) is 5.75 Å². The van der Waals surface area contributed by atoms with Crippen LogP contribution in [0.1, 0.15) is 12.5 Å². The maximum Gasteiger partial charge on any atom is 0.336 e. The van der Waals surface area contributed by atoms with Crippen molar-refractivity contribution in [3.05, 3.63) is 40.2 Å². The van der Waals surface area contributed by atoms with Gasteiger partial charge < -0.3 is 29.2 Å². The van der Waals surface area contributed by atoms with Crippen LogP contribution in [0.15, 0.2) is 33.5 Å². The largest absolute Gasteiger partial charge is 0.462 e. The highest BCUT2D eigenvalue weighted by molar-refractivity contribution is 5.81. The number of benzene rings is 1. The number of ether oxygens (including phenoxy) is 2. The Kier molecular flexibility index (Phi) is 4.11. The average Bonchev–Trinajstić information content (AvgIpc) is 2.50. The molecule has 1 aromatic heterocycles. The normalized spacial score (nSPS) is 31.3. The van der Waals surface area contributed by atoms with E-state index >= 15 is 0 Å². The zero-order valence-electron chi connectivity index (χ0n) is 12.7. The Balaban J connectivity index is 1.88. The Morgan fingerprint density at radius 3 is 2.57 bits per heavy atom. The van der Waals surface area contributed by atoms with E-state index in [0.29, 0.717) is 11.3 Å². The molecule has 2 aromatic rings. The summed E-state index contributed by atoms with van der Waals surface area (Å²) in [5.41, 5.74) is 0.670. The number of aliphatic hydroxyl groups is 3. The number of rotatable bonds is 2. The van der Waals surface area contributed by atoms with Gasteiger partial charge in [-0.15, -0.1) is 0 Å². The molecule has 0 spiro atoms. The van der Waals surface area contributed by atoms with Crippen LogP contribution in [-0.4, -0.2) is 46.0 Å². The summed E-state index contributed by atoms with van der Waals surface area (Å²) in [7, 11) is 0. The molecule has 0 saturated carbocycles. The molecule has 7 nitrogen and oxygen atoms in total. The minimum absolute atomic E-state index is 0.311. The fourth-order valence-corrected chi connectivity index (χ4v) is 2.62. The van der Waals surface area contributed by atoms with Gasteiger partial charge >= 0.3 is 5.63 Å². The second-order valence-electron chi connectivity index (χ2n) is 5.71. The molecule has 124 valence electrons. The molecule has 0 radical (unpaired) electrons. The van der Waals surface area contributed by atoms with Gasteiger partial charge in [-0.2, -0.15) is 0 Å². The summed E-state index contributed by atoms with van der Waals surface area (Å²) in [5, 5.41) is 30.2. The SMILES string of the molecule is Cc1cc(=O)oc2cc(O[C@@H]3O[C@@H](C)[C@@H](O)C(O)[C@@H]3O)ccc12. The Morgan fingerprint density at radius 1 is 1.09 bits per heavy atom. The van der Waals surface area contributed by atoms with Crippen molar-refractivity contribution in [3.8, 4) is 5.75 Å². The van der Waals surface area contributed by atoms with Crippen LogP contribution in [0.4, 0.5) is 0 Å². The second kappa shape index (κ2) is 5.93. The smallest absolute Gasteiger partial charge is 0.336 e. The third kappa shape index (κ3) is 2.96. The number of fused-ring (bicyclic) bond motifs is 1. The predicted molar refractivity (Wildman–Crippen MR) is 80.2 cm³/mol. The second-order valence-corrected chi connectivity index (χ2v) is 5.71. The van der Waals surface area contributed by atoms with E-state index in [4.69, 9.17) is 13.9 Å². The summed E-state index contributed by atoms with van der Waals surface area (Å²) in [4.78, 5) is 11.4. The third-order valence-corrected chi connectivity index (χ3v) is 3.98. The van der Waals surface area contributed by atoms with E-state index in [-0.39, 0.29) is 0 Å². The molecule has 0 bridgehead atoms. The highest BCUT2D eigenvalue weighted by Crippen LogP contribution is 2.27. The summed E-state index contributed by atoms with van der Waals surface area (Å²) >= 11 is 0. The first-order chi connectivity index (χ1) is 10.9. The van der Waals surface area contributed by atoms with Crippen molar-refractivity contribution in [2.45, 2.75) is 44.6 Å². The molecular weight excluding hydrogens is 304 g/mol. The fourth-order valence-electron chi connectivity index (χ4n) is 2.62. The standard InChI is InChI=1S/C16H18O7/c1-7-5-12(17)23-11-6-9(3-4-10(7)11)22-16-15(20)14(19)13(18)8(2)21-16/h3-6,8,13-16,18-20H,1-2H3/t8-,13+,14?,15-,16-/m0/s1. The lowest BCUT2D eigenvalue weighted by Crippen LogP contribution is -2.58. The van der Waals surface area contributed by atoms with Gasteiger partial charge in [0.05, 0.1) is 6.10 Å². The fraction of sp³-hybridized carbons (Fsp3) is 0.438. The number of hydrogen-bond acceptors (Lipinski definition) is 7. The van der Waals surface area contributed by atoms with Crippen molar-refractivity contribution in [2.75, 3.05) is 0 Å². The van der Waals surface area contributed by atoms with Crippen LogP contribution in [0.3, 0.4) is 0 Å². The van der Waals surface area contributed by atoms with E-state index in [2.05, 4.69) is 0 Å². The lowest BCUT2D eigenvalue weighted by molar-refractivity contribution is -0.268. The van der Waals surface area contributed by atoms with Crippen molar-refractivity contribution in [1.29, 1.82) is 0 Å². The van der Waals surface area contributed by atoms with Crippen molar-refractivity contribution in [2.24, 2.45) is 0 Å². The minimum Gasteiger partial charge on any atom is -0.462 e. The number of hydrogen-bond donors (Lipinski definition) is 3. The molecule has 1 fully saturated rings. The Hall–Kier alpha value is -1.93. The summed E-state index contributed by atoms with van der Waals surface area (Å²) in [6.45, 7) is 3.37. The molecule has 3 rings (SSSR count). The molecule has 23 heavy (non-hydrogen) atoms. The maximum absolute atomic E-state index is 11.4. The summed E-state index contributed by atoms with van der Waals surface area (Å²) in [5.74, 6) is 0.311. The highest BCUT2D eigenvalue weighted by atomic mass is 16.7. The van der Waals surface area contributed by atoms with Gasteiger partial charge in [-0.3, -0.25) is 0 Å². The molecule has 5 atom stereocenters. The van der Waals surface area contributed by atoms with Crippen molar-refractivity contribution in [3.63, 3.8) is 0 Å². The van der Waals surface area contributed by atoms with E-state index in [1.54, 1.807) is 26.0 Å². The maximum atomic E-state index is 11.4. The molecule has 1 saturated heterocycles. The van der Waals surface area contributed by atoms with Crippen LogP contribution < -0.4 is 10.4 Å². The van der Waals surface area contributed by atoms with Crippen LogP contribution in [0.2, 0.25) is 0 Å². The van der Waals surface area contributed by atoms with Gasteiger partial charge in [-0.1, -0.05) is 0 Å². The Bertz CT molecular complexity index is 769. The lowest BCUT2D eigenvalue weighted by Gasteiger charge is -2.38. The van der Waals surface area contributed by atoms with E-state index < -0.39 is 36.3 Å². The van der Waals surface area contributed by atoms with Gasteiger partial charge in [0, 0.05) is 17.5 Å². The molecule has 1 unspecified atom stereocenters. The first-order valence-corrected chi connectivity index (χ1v) is 7.27.